The van der Waals surface area contributed by atoms with E-state index in [0.29, 0.717) is 30.2 Å². The average Bonchev–Trinajstić information content (AvgIpc) is 3.35. The van der Waals surface area contributed by atoms with Gasteiger partial charge < -0.3 is 14.8 Å². The Kier molecular flexibility index (Phi) is 11.1. The van der Waals surface area contributed by atoms with Crippen molar-refractivity contribution < 1.29 is 26.7 Å². The molecular formula is C27H28F5N7O. The van der Waals surface area contributed by atoms with Gasteiger partial charge in [-0.2, -0.15) is 23.5 Å². The lowest BCUT2D eigenvalue weighted by molar-refractivity contribution is -0.111. The maximum Gasteiger partial charge on any atom is 0.435 e. The SMILES string of the molecule is CC.CN(C)Cc1nccn1-c1ccc(NC(=O)/C=C/C(=N\N(C)c2ccc(F)c(C#N)c2)C(F)(F)F)c(F)c1. The van der Waals surface area contributed by atoms with Gasteiger partial charge in [0.2, 0.25) is 5.91 Å². The fraction of sp³-hybridized carbons (Fsp3) is 0.259. The number of allylic oxidation sites excluding steroid dienone is 1. The fourth-order valence-corrected chi connectivity index (χ4v) is 3.26. The number of hydrogen-bond acceptors (Lipinski definition) is 6. The lowest BCUT2D eigenvalue weighted by Gasteiger charge is -2.16. The van der Waals surface area contributed by atoms with Crippen molar-refractivity contribution in [2.24, 2.45) is 5.10 Å². The van der Waals surface area contributed by atoms with Crippen molar-refractivity contribution in [3.63, 3.8) is 0 Å². The molecule has 1 N–H and O–H groups in total. The highest BCUT2D eigenvalue weighted by molar-refractivity contribution is 6.07. The Morgan fingerprint density at radius 1 is 1.10 bits per heavy atom. The van der Waals surface area contributed by atoms with E-state index in [2.05, 4.69) is 15.4 Å². The summed E-state index contributed by atoms with van der Waals surface area (Å²) in [5.74, 6) is -2.01. The summed E-state index contributed by atoms with van der Waals surface area (Å²) < 4.78 is 70.4. The van der Waals surface area contributed by atoms with Gasteiger partial charge in [0.15, 0.2) is 5.71 Å². The molecule has 0 fully saturated rings. The molecule has 0 aliphatic rings. The molecule has 0 unspecified atom stereocenters. The van der Waals surface area contributed by atoms with Crippen molar-refractivity contribution in [1.82, 2.24) is 14.5 Å². The van der Waals surface area contributed by atoms with Crippen LogP contribution >= 0.6 is 0 Å². The molecule has 0 spiro atoms. The first-order valence-corrected chi connectivity index (χ1v) is 11.9. The summed E-state index contributed by atoms with van der Waals surface area (Å²) >= 11 is 0. The molecule has 0 aliphatic carbocycles. The van der Waals surface area contributed by atoms with Crippen LogP contribution in [0.4, 0.5) is 33.3 Å². The normalized spacial score (nSPS) is 11.7. The first kappa shape index (κ1) is 31.6. The zero-order valence-corrected chi connectivity index (χ0v) is 22.5. The Morgan fingerprint density at radius 2 is 1.80 bits per heavy atom. The van der Waals surface area contributed by atoms with Gasteiger partial charge in [0.05, 0.1) is 23.5 Å². The second-order valence-electron chi connectivity index (χ2n) is 8.22. The predicted molar refractivity (Wildman–Crippen MR) is 143 cm³/mol. The van der Waals surface area contributed by atoms with E-state index in [1.807, 2.05) is 32.8 Å². The lowest BCUT2D eigenvalue weighted by Crippen LogP contribution is -2.25. The summed E-state index contributed by atoms with van der Waals surface area (Å²) in [7, 11) is 4.87. The van der Waals surface area contributed by atoms with Crippen molar-refractivity contribution in [2.75, 3.05) is 31.5 Å². The third kappa shape index (κ3) is 8.47. The first-order valence-electron chi connectivity index (χ1n) is 11.9. The van der Waals surface area contributed by atoms with E-state index in [-0.39, 0.29) is 16.9 Å². The molecule has 3 rings (SSSR count). The highest BCUT2D eigenvalue weighted by atomic mass is 19.4. The van der Waals surface area contributed by atoms with Crippen molar-refractivity contribution in [3.8, 4) is 11.8 Å². The molecule has 2 aromatic carbocycles. The van der Waals surface area contributed by atoms with E-state index in [1.165, 1.54) is 12.1 Å². The summed E-state index contributed by atoms with van der Waals surface area (Å²) in [6, 6.07) is 8.65. The molecule has 3 aromatic rings. The van der Waals surface area contributed by atoms with Crippen molar-refractivity contribution in [3.05, 3.63) is 84.0 Å². The summed E-state index contributed by atoms with van der Waals surface area (Å²) in [4.78, 5) is 18.4. The number of imidazole rings is 1. The number of nitrogens with one attached hydrogen (secondary N) is 1. The van der Waals surface area contributed by atoms with Crippen molar-refractivity contribution >= 4 is 23.0 Å². The monoisotopic (exact) mass is 561 g/mol. The van der Waals surface area contributed by atoms with Crippen molar-refractivity contribution in [1.29, 1.82) is 5.26 Å². The van der Waals surface area contributed by atoms with Crippen LogP contribution in [0, 0.1) is 23.0 Å². The molecule has 1 amide bonds. The van der Waals surface area contributed by atoms with Crippen LogP contribution in [0.1, 0.15) is 25.2 Å². The van der Waals surface area contributed by atoms with Gasteiger partial charge in [0.25, 0.3) is 0 Å². The molecule has 1 aromatic heterocycles. The smallest absolute Gasteiger partial charge is 0.320 e. The molecular weight excluding hydrogens is 533 g/mol. The predicted octanol–water partition coefficient (Wildman–Crippen LogP) is 5.66. The Morgan fingerprint density at radius 3 is 2.40 bits per heavy atom. The van der Waals surface area contributed by atoms with Gasteiger partial charge in [-0.25, -0.2) is 13.8 Å². The minimum absolute atomic E-state index is 0.0105. The molecule has 8 nitrogen and oxygen atoms in total. The van der Waals surface area contributed by atoms with E-state index in [1.54, 1.807) is 23.0 Å². The number of hydrazone groups is 1. The number of carbonyl (C=O) groups excluding carboxylic acids is 1. The van der Waals surface area contributed by atoms with Crippen LogP contribution in [0.2, 0.25) is 0 Å². The molecule has 0 aliphatic heterocycles. The maximum absolute atomic E-state index is 14.7. The molecule has 212 valence electrons. The Labute approximate surface area is 228 Å². The number of carbonyl (C=O) groups is 1. The largest absolute Gasteiger partial charge is 0.435 e. The number of halogens is 5. The number of hydrogen-bond donors (Lipinski definition) is 1. The number of rotatable bonds is 8. The van der Waals surface area contributed by atoms with Crippen LogP contribution in [0.15, 0.2) is 66.0 Å². The standard InChI is InChI=1S/C25H22F5N7O.C2H6/c1-35(2)15-23-32-10-11-37(23)18-5-7-21(20(27)13-18)33-24(38)9-8-22(25(28,29)30)34-36(3)17-4-6-19(26)16(12-17)14-31;1-2/h4-13H,15H2,1-3H3,(H,33,38);1-2H3/b9-8+,34-22+;. The second-order valence-corrected chi connectivity index (χ2v) is 8.22. The van der Waals surface area contributed by atoms with Gasteiger partial charge in [-0.15, -0.1) is 0 Å². The average molecular weight is 562 g/mol. The van der Waals surface area contributed by atoms with Gasteiger partial charge in [0, 0.05) is 37.3 Å². The first-order chi connectivity index (χ1) is 18.9. The Balaban J connectivity index is 0.00000274. The fourth-order valence-electron chi connectivity index (χ4n) is 3.26. The molecule has 0 radical (unpaired) electrons. The second kappa shape index (κ2) is 14.0. The third-order valence-electron chi connectivity index (χ3n) is 5.05. The van der Waals surface area contributed by atoms with Gasteiger partial charge in [-0.05, 0) is 50.5 Å². The van der Waals surface area contributed by atoms with Crippen LogP contribution in [0.5, 0.6) is 0 Å². The number of aromatic nitrogens is 2. The van der Waals surface area contributed by atoms with Crippen LogP contribution in [0.3, 0.4) is 0 Å². The lowest BCUT2D eigenvalue weighted by atomic mass is 10.2. The number of nitrogens with zero attached hydrogens (tertiary/aromatic N) is 6. The van der Waals surface area contributed by atoms with E-state index < -0.39 is 29.4 Å². The number of anilines is 2. The van der Waals surface area contributed by atoms with Crippen LogP contribution in [0.25, 0.3) is 5.69 Å². The summed E-state index contributed by atoms with van der Waals surface area (Å²) in [5, 5.41) is 15.3. The molecule has 0 saturated heterocycles. The van der Waals surface area contributed by atoms with Gasteiger partial charge >= 0.3 is 6.18 Å². The highest BCUT2D eigenvalue weighted by Gasteiger charge is 2.35. The van der Waals surface area contributed by atoms with Gasteiger partial charge in [-0.3, -0.25) is 9.80 Å². The number of nitriles is 1. The number of amides is 1. The Bertz CT molecular complexity index is 1420. The quantitative estimate of drug-likeness (QED) is 0.166. The van der Waals surface area contributed by atoms with Crippen molar-refractivity contribution in [2.45, 2.75) is 26.6 Å². The van der Waals surface area contributed by atoms with Gasteiger partial charge in [0.1, 0.15) is 23.5 Å². The minimum atomic E-state index is -4.95. The zero-order valence-electron chi connectivity index (χ0n) is 22.5. The van der Waals surface area contributed by atoms with E-state index in [0.717, 1.165) is 36.3 Å². The molecule has 0 bridgehead atoms. The molecule has 0 saturated carbocycles. The number of alkyl halides is 3. The van der Waals surface area contributed by atoms with Crippen LogP contribution in [-0.4, -0.2) is 53.4 Å². The summed E-state index contributed by atoms with van der Waals surface area (Å²) in [5.41, 5.74) is -1.61. The molecule has 13 heteroatoms. The van der Waals surface area contributed by atoms with Gasteiger partial charge in [-0.1, -0.05) is 13.8 Å². The Hall–Kier alpha value is -4.57. The van der Waals surface area contributed by atoms with E-state index in [9.17, 15) is 26.7 Å². The van der Waals surface area contributed by atoms with E-state index >= 15 is 0 Å². The van der Waals surface area contributed by atoms with E-state index in [4.69, 9.17) is 5.26 Å². The minimum Gasteiger partial charge on any atom is -0.320 e. The highest BCUT2D eigenvalue weighted by Crippen LogP contribution is 2.23. The maximum atomic E-state index is 14.7. The summed E-state index contributed by atoms with van der Waals surface area (Å²) in [6.07, 6.45) is -0.759. The number of benzene rings is 2. The van der Waals surface area contributed by atoms with Crippen LogP contribution < -0.4 is 10.3 Å². The van der Waals surface area contributed by atoms with Crippen LogP contribution in [-0.2, 0) is 11.3 Å². The molecule has 1 heterocycles. The molecule has 40 heavy (non-hydrogen) atoms. The topological polar surface area (TPSA) is 89.6 Å². The third-order valence-corrected chi connectivity index (χ3v) is 5.05. The molecule has 0 atom stereocenters. The summed E-state index contributed by atoms with van der Waals surface area (Å²) in [6.45, 7) is 4.50. The zero-order chi connectivity index (χ0) is 30.0.